The van der Waals surface area contributed by atoms with Crippen LogP contribution in [0.25, 0.3) is 6.08 Å². The summed E-state index contributed by atoms with van der Waals surface area (Å²) in [4.78, 5) is 37.4. The van der Waals surface area contributed by atoms with Gasteiger partial charge in [0.15, 0.2) is 17.6 Å². The summed E-state index contributed by atoms with van der Waals surface area (Å²) in [5.74, 6) is -1.15. The van der Waals surface area contributed by atoms with Crippen LogP contribution >= 0.6 is 0 Å². The van der Waals surface area contributed by atoms with Crippen molar-refractivity contribution in [3.8, 4) is 11.5 Å². The molecule has 2 N–H and O–H groups in total. The van der Waals surface area contributed by atoms with Crippen LogP contribution in [0.15, 0.2) is 48.2 Å². The van der Waals surface area contributed by atoms with Gasteiger partial charge in [0.1, 0.15) is 5.70 Å². The molecule has 2 aromatic rings. The molecule has 0 bridgehead atoms. The summed E-state index contributed by atoms with van der Waals surface area (Å²) in [5, 5.41) is 11.7. The first-order valence-corrected chi connectivity index (χ1v) is 9.26. The van der Waals surface area contributed by atoms with Gasteiger partial charge in [0, 0.05) is 5.56 Å². The second-order valence-electron chi connectivity index (χ2n) is 6.84. The molecule has 0 spiro atoms. The van der Waals surface area contributed by atoms with Crippen LogP contribution in [0.1, 0.15) is 23.6 Å². The molecule has 3 rings (SSSR count). The van der Waals surface area contributed by atoms with Crippen molar-refractivity contribution in [2.75, 3.05) is 7.11 Å². The van der Waals surface area contributed by atoms with Crippen LogP contribution in [0.3, 0.4) is 0 Å². The van der Waals surface area contributed by atoms with Gasteiger partial charge in [-0.3, -0.25) is 9.69 Å². The Bertz CT molecular complexity index is 1010. The lowest BCUT2D eigenvalue weighted by atomic mass is 10.1. The number of rotatable bonds is 7. The molecular formula is C22H22N2O6. The van der Waals surface area contributed by atoms with Crippen LogP contribution in [0.4, 0.5) is 4.79 Å². The Labute approximate surface area is 173 Å². The predicted octanol–water partition coefficient (Wildman–Crippen LogP) is 2.95. The lowest BCUT2D eigenvalue weighted by molar-refractivity contribution is -0.144. The molecule has 1 fully saturated rings. The number of amides is 3. The fourth-order valence-electron chi connectivity index (χ4n) is 2.91. The first-order chi connectivity index (χ1) is 14.3. The van der Waals surface area contributed by atoms with Crippen LogP contribution in [0.2, 0.25) is 0 Å². The minimum Gasteiger partial charge on any atom is -0.493 e. The van der Waals surface area contributed by atoms with E-state index in [0.29, 0.717) is 11.3 Å². The van der Waals surface area contributed by atoms with E-state index in [4.69, 9.17) is 14.6 Å². The van der Waals surface area contributed by atoms with Crippen LogP contribution < -0.4 is 14.8 Å². The van der Waals surface area contributed by atoms with E-state index in [9.17, 15) is 14.4 Å². The number of nitrogens with one attached hydrogen (secondary N) is 1. The Balaban J connectivity index is 1.89. The Morgan fingerprint density at radius 2 is 1.90 bits per heavy atom. The molecule has 156 valence electrons. The van der Waals surface area contributed by atoms with Crippen molar-refractivity contribution in [3.63, 3.8) is 0 Å². The maximum Gasteiger partial charge on any atom is 0.344 e. The van der Waals surface area contributed by atoms with Crippen molar-refractivity contribution in [1.82, 2.24) is 10.2 Å². The van der Waals surface area contributed by atoms with E-state index >= 15 is 0 Å². The second-order valence-corrected chi connectivity index (χ2v) is 6.84. The highest BCUT2D eigenvalue weighted by Crippen LogP contribution is 2.34. The molecular weight excluding hydrogens is 388 g/mol. The van der Waals surface area contributed by atoms with Gasteiger partial charge in [0.05, 0.1) is 13.7 Å². The topological polar surface area (TPSA) is 105 Å². The van der Waals surface area contributed by atoms with Crippen LogP contribution in [0, 0.1) is 6.92 Å². The average Bonchev–Trinajstić information content (AvgIpc) is 2.98. The van der Waals surface area contributed by atoms with Gasteiger partial charge in [-0.15, -0.1) is 0 Å². The maximum absolute atomic E-state index is 12.8. The zero-order chi connectivity index (χ0) is 21.8. The molecule has 30 heavy (non-hydrogen) atoms. The van der Waals surface area contributed by atoms with Crippen LogP contribution in [-0.2, 0) is 16.1 Å². The third-order valence-corrected chi connectivity index (χ3v) is 4.60. The number of ether oxygens (including phenoxy) is 2. The van der Waals surface area contributed by atoms with Crippen LogP contribution in [0.5, 0.6) is 11.5 Å². The first-order valence-electron chi connectivity index (χ1n) is 9.26. The first kappa shape index (κ1) is 20.9. The number of nitrogens with zero attached hydrogens (tertiary/aromatic N) is 1. The number of urea groups is 1. The fraction of sp³-hybridized carbons (Fsp3) is 0.227. The standard InChI is InChI=1S/C22H22N2O6/c1-13-7-9-15(10-8-13)12-24-20(25)17(23-22(24)28)11-16-5-4-6-18(29-3)19(16)30-14(2)21(26)27/h4-11,14H,12H2,1-3H3,(H,23,28)(H,26,27)/b17-11-/t14-/m1/s1. The minimum absolute atomic E-state index is 0.0631. The number of carbonyl (C=O) groups is 3. The normalized spacial score (nSPS) is 15.8. The number of carbonyl (C=O) groups excluding carboxylic acids is 2. The van der Waals surface area contributed by atoms with Crippen molar-refractivity contribution >= 4 is 24.0 Å². The number of hydrogen-bond acceptors (Lipinski definition) is 5. The van der Waals surface area contributed by atoms with E-state index in [0.717, 1.165) is 16.0 Å². The average molecular weight is 410 g/mol. The number of carboxylic acids is 1. The van der Waals surface area contributed by atoms with Crippen molar-refractivity contribution in [2.24, 2.45) is 0 Å². The van der Waals surface area contributed by atoms with Crippen LogP contribution in [-0.4, -0.2) is 41.1 Å². The molecule has 8 heteroatoms. The number of benzene rings is 2. The molecule has 0 aromatic heterocycles. The summed E-state index contributed by atoms with van der Waals surface area (Å²) in [6, 6.07) is 11.9. The van der Waals surface area contributed by atoms with Gasteiger partial charge in [-0.1, -0.05) is 42.0 Å². The van der Waals surface area contributed by atoms with E-state index in [1.165, 1.54) is 20.1 Å². The number of methoxy groups -OCH3 is 1. The highest BCUT2D eigenvalue weighted by molar-refractivity contribution is 6.14. The zero-order valence-corrected chi connectivity index (χ0v) is 16.8. The van der Waals surface area contributed by atoms with Gasteiger partial charge in [0.2, 0.25) is 0 Å². The molecule has 0 unspecified atom stereocenters. The summed E-state index contributed by atoms with van der Waals surface area (Å²) in [6.07, 6.45) is 0.312. The van der Waals surface area contributed by atoms with Gasteiger partial charge < -0.3 is 19.9 Å². The lowest BCUT2D eigenvalue weighted by Crippen LogP contribution is -2.30. The Morgan fingerprint density at radius 1 is 1.20 bits per heavy atom. The number of aryl methyl sites for hydroxylation is 1. The third kappa shape index (κ3) is 4.43. The van der Waals surface area contributed by atoms with Gasteiger partial charge >= 0.3 is 12.0 Å². The molecule has 8 nitrogen and oxygen atoms in total. The summed E-state index contributed by atoms with van der Waals surface area (Å²) >= 11 is 0. The van der Waals surface area contributed by atoms with Gasteiger partial charge in [0.25, 0.3) is 5.91 Å². The quantitative estimate of drug-likeness (QED) is 0.537. The molecule has 0 radical (unpaired) electrons. The molecule has 1 aliphatic heterocycles. The largest absolute Gasteiger partial charge is 0.493 e. The Morgan fingerprint density at radius 3 is 2.53 bits per heavy atom. The number of carboxylic acid groups (broad SMARTS) is 1. The molecule has 3 amide bonds. The van der Waals surface area contributed by atoms with E-state index in [-0.39, 0.29) is 18.0 Å². The van der Waals surface area contributed by atoms with Crippen molar-refractivity contribution < 1.29 is 29.0 Å². The van der Waals surface area contributed by atoms with Gasteiger partial charge in [-0.25, -0.2) is 9.59 Å². The third-order valence-electron chi connectivity index (χ3n) is 4.60. The summed E-state index contributed by atoms with van der Waals surface area (Å²) in [7, 11) is 1.43. The number of para-hydroxylation sites is 1. The van der Waals surface area contributed by atoms with Crippen molar-refractivity contribution in [3.05, 3.63) is 64.9 Å². The molecule has 2 aromatic carbocycles. The maximum atomic E-state index is 12.8. The smallest absolute Gasteiger partial charge is 0.344 e. The summed E-state index contributed by atoms with van der Waals surface area (Å²) in [5.41, 5.74) is 2.38. The predicted molar refractivity (Wildman–Crippen MR) is 109 cm³/mol. The molecule has 0 saturated carbocycles. The highest BCUT2D eigenvalue weighted by atomic mass is 16.5. The monoisotopic (exact) mass is 410 g/mol. The van der Waals surface area contributed by atoms with E-state index in [1.54, 1.807) is 18.2 Å². The highest BCUT2D eigenvalue weighted by Gasteiger charge is 2.34. The lowest BCUT2D eigenvalue weighted by Gasteiger charge is -2.16. The van der Waals surface area contributed by atoms with E-state index in [1.807, 2.05) is 31.2 Å². The number of hydrogen-bond donors (Lipinski definition) is 2. The molecule has 1 aliphatic rings. The van der Waals surface area contributed by atoms with E-state index in [2.05, 4.69) is 5.32 Å². The van der Waals surface area contributed by atoms with Gasteiger partial charge in [-0.2, -0.15) is 0 Å². The van der Waals surface area contributed by atoms with Crippen molar-refractivity contribution in [1.29, 1.82) is 0 Å². The van der Waals surface area contributed by atoms with Crippen molar-refractivity contribution in [2.45, 2.75) is 26.5 Å². The minimum atomic E-state index is -1.14. The fourth-order valence-corrected chi connectivity index (χ4v) is 2.91. The molecule has 1 saturated heterocycles. The molecule has 0 aliphatic carbocycles. The van der Waals surface area contributed by atoms with E-state index < -0.39 is 24.0 Å². The van der Waals surface area contributed by atoms with Gasteiger partial charge in [-0.05, 0) is 31.6 Å². The summed E-state index contributed by atoms with van der Waals surface area (Å²) in [6.45, 7) is 3.48. The number of imide groups is 1. The molecule has 1 atom stereocenters. The summed E-state index contributed by atoms with van der Waals surface area (Å²) < 4.78 is 10.8. The zero-order valence-electron chi connectivity index (χ0n) is 16.8. The SMILES string of the molecule is COc1cccc(/C=C2\NC(=O)N(Cc3ccc(C)cc3)C2=O)c1O[C@H](C)C(=O)O. The number of aliphatic carboxylic acids is 1. The molecule has 1 heterocycles. The second kappa shape index (κ2) is 8.69. The Kier molecular flexibility index (Phi) is 6.06. The Hall–Kier alpha value is -3.81.